The predicted molar refractivity (Wildman–Crippen MR) is 28.2 cm³/mol. The molecule has 1 rings (SSSR count). The van der Waals surface area contributed by atoms with E-state index in [1.54, 1.807) is 12.1 Å². The van der Waals surface area contributed by atoms with Crippen LogP contribution in [0.5, 0.6) is 0 Å². The molecule has 0 aliphatic rings. The number of aromatic nitrogens is 1. The molecule has 1 aromatic heterocycles. The lowest BCUT2D eigenvalue weighted by Crippen LogP contribution is -2.25. The van der Waals surface area contributed by atoms with Crippen LogP contribution in [0.4, 0.5) is 5.82 Å². The maximum atomic E-state index is 10.3. The zero-order valence-electron chi connectivity index (χ0n) is 4.16. The molecule has 3 nitrogen and oxygen atoms in total. The molecule has 1 N–H and O–H groups in total. The van der Waals surface area contributed by atoms with Gasteiger partial charge in [-0.25, -0.2) is 4.73 Å². The molecule has 0 spiro atoms. The molecule has 0 fully saturated rings. The standard InChI is InChI=1S/C5H5N2O/c6-5-3-1-2-4-7(5)8/h1-4,6H. The Morgan fingerprint density at radius 1 is 1.50 bits per heavy atom. The lowest BCUT2D eigenvalue weighted by atomic mass is 10.5. The molecule has 0 atom stereocenters. The topological polar surface area (TPSA) is 50.7 Å². The second-order valence-corrected chi connectivity index (χ2v) is 1.41. The Kier molecular flexibility index (Phi) is 1.04. The minimum atomic E-state index is -0.0208. The summed E-state index contributed by atoms with van der Waals surface area (Å²) in [7, 11) is 0. The summed E-state index contributed by atoms with van der Waals surface area (Å²) >= 11 is 0. The van der Waals surface area contributed by atoms with Crippen molar-refractivity contribution in [3.05, 3.63) is 29.6 Å². The number of pyridine rings is 1. The highest BCUT2D eigenvalue weighted by molar-refractivity contribution is 5.13. The van der Waals surface area contributed by atoms with E-state index < -0.39 is 0 Å². The maximum Gasteiger partial charge on any atom is 0.317 e. The van der Waals surface area contributed by atoms with E-state index in [-0.39, 0.29) is 5.82 Å². The summed E-state index contributed by atoms with van der Waals surface area (Å²) in [5.41, 5.74) is 6.87. The van der Waals surface area contributed by atoms with E-state index >= 15 is 0 Å². The third-order valence-electron chi connectivity index (χ3n) is 0.824. The summed E-state index contributed by atoms with van der Waals surface area (Å²) in [4.78, 5) is 0. The smallest absolute Gasteiger partial charge is 0.317 e. The van der Waals surface area contributed by atoms with Gasteiger partial charge in [-0.2, -0.15) is 0 Å². The maximum absolute atomic E-state index is 10.3. The van der Waals surface area contributed by atoms with Crippen LogP contribution in [0.3, 0.4) is 0 Å². The van der Waals surface area contributed by atoms with Crippen molar-refractivity contribution >= 4 is 5.82 Å². The molecule has 0 amide bonds. The second-order valence-electron chi connectivity index (χ2n) is 1.41. The zero-order chi connectivity index (χ0) is 5.98. The van der Waals surface area contributed by atoms with Gasteiger partial charge in [0, 0.05) is 6.07 Å². The van der Waals surface area contributed by atoms with E-state index in [1.807, 2.05) is 0 Å². The summed E-state index contributed by atoms with van der Waals surface area (Å²) in [5, 5.41) is 10.3. The summed E-state index contributed by atoms with van der Waals surface area (Å²) < 4.78 is 0.500. The van der Waals surface area contributed by atoms with Crippen LogP contribution in [-0.4, -0.2) is 0 Å². The Labute approximate surface area is 46.9 Å². The van der Waals surface area contributed by atoms with Gasteiger partial charge in [0.15, 0.2) is 0 Å². The average molecular weight is 109 g/mol. The lowest BCUT2D eigenvalue weighted by Gasteiger charge is -1.98. The molecule has 0 aliphatic carbocycles. The summed E-state index contributed by atoms with van der Waals surface area (Å²) in [6.07, 6.45) is 1.29. The molecule has 0 saturated heterocycles. The highest BCUT2D eigenvalue weighted by Crippen LogP contribution is 1.89. The van der Waals surface area contributed by atoms with E-state index in [9.17, 15) is 5.21 Å². The third-order valence-corrected chi connectivity index (χ3v) is 0.824. The molecular formula is C5H5N2O. The molecule has 0 unspecified atom stereocenters. The number of nitrogens with zero attached hydrogens (tertiary/aromatic N) is 1. The predicted octanol–water partition coefficient (Wildman–Crippen LogP) is 0.234. The highest BCUT2D eigenvalue weighted by atomic mass is 16.5. The first-order chi connectivity index (χ1) is 3.80. The van der Waals surface area contributed by atoms with Crippen LogP contribution in [0.15, 0.2) is 24.4 Å². The van der Waals surface area contributed by atoms with Crippen LogP contribution in [-0.2, 0) is 0 Å². The minimum Gasteiger partial charge on any atom is -0.711 e. The van der Waals surface area contributed by atoms with Crippen molar-refractivity contribution in [3.63, 3.8) is 0 Å². The first-order valence-corrected chi connectivity index (χ1v) is 2.20. The Morgan fingerprint density at radius 2 is 2.25 bits per heavy atom. The Hall–Kier alpha value is -1.25. The van der Waals surface area contributed by atoms with Crippen LogP contribution >= 0.6 is 0 Å². The number of nitrogens with one attached hydrogen (secondary N) is 1. The van der Waals surface area contributed by atoms with E-state index in [2.05, 4.69) is 0 Å². The first kappa shape index (κ1) is 4.90. The fourth-order valence-electron chi connectivity index (χ4n) is 0.428. The van der Waals surface area contributed by atoms with Crippen molar-refractivity contribution < 1.29 is 4.73 Å². The normalized spacial score (nSPS) is 9.00. The van der Waals surface area contributed by atoms with Crippen LogP contribution in [0.1, 0.15) is 0 Å². The molecular weight excluding hydrogens is 104 g/mol. The third kappa shape index (κ3) is 0.703. The monoisotopic (exact) mass is 109 g/mol. The van der Waals surface area contributed by atoms with Crippen molar-refractivity contribution in [2.24, 2.45) is 0 Å². The van der Waals surface area contributed by atoms with E-state index in [1.165, 1.54) is 12.3 Å². The van der Waals surface area contributed by atoms with Gasteiger partial charge in [-0.15, -0.1) is 0 Å². The molecule has 8 heavy (non-hydrogen) atoms. The van der Waals surface area contributed by atoms with Crippen LogP contribution in [0.25, 0.3) is 0 Å². The van der Waals surface area contributed by atoms with Crippen LogP contribution < -0.4 is 10.5 Å². The van der Waals surface area contributed by atoms with Crippen molar-refractivity contribution in [2.75, 3.05) is 0 Å². The van der Waals surface area contributed by atoms with Gasteiger partial charge in [0.05, 0.1) is 6.20 Å². The van der Waals surface area contributed by atoms with Gasteiger partial charge < -0.3 is 5.21 Å². The molecule has 0 aliphatic heterocycles. The largest absolute Gasteiger partial charge is 0.711 e. The zero-order valence-corrected chi connectivity index (χ0v) is 4.16. The van der Waals surface area contributed by atoms with E-state index in [4.69, 9.17) is 5.73 Å². The lowest BCUT2D eigenvalue weighted by molar-refractivity contribution is -0.592. The fourth-order valence-corrected chi connectivity index (χ4v) is 0.428. The summed E-state index contributed by atoms with van der Waals surface area (Å²) in [6, 6.07) is 4.68. The van der Waals surface area contributed by atoms with Gasteiger partial charge in [0.1, 0.15) is 0 Å². The van der Waals surface area contributed by atoms with Gasteiger partial charge in [-0.1, -0.05) is 11.8 Å². The van der Waals surface area contributed by atoms with Gasteiger partial charge in [-0.05, 0) is 6.07 Å². The highest BCUT2D eigenvalue weighted by Gasteiger charge is 1.90. The first-order valence-electron chi connectivity index (χ1n) is 2.20. The van der Waals surface area contributed by atoms with Gasteiger partial charge in [-0.3, -0.25) is 0 Å². The van der Waals surface area contributed by atoms with Crippen molar-refractivity contribution in [1.82, 2.24) is 5.73 Å². The Balaban J connectivity index is 3.13. The molecule has 1 heterocycles. The SMILES string of the molecule is [NH]c1cccc[n+]1[O-]. The van der Waals surface area contributed by atoms with Crippen molar-refractivity contribution in [2.45, 2.75) is 0 Å². The number of rotatable bonds is 0. The van der Waals surface area contributed by atoms with Gasteiger partial charge >= 0.3 is 5.82 Å². The van der Waals surface area contributed by atoms with Gasteiger partial charge in [0.2, 0.25) is 0 Å². The molecule has 0 saturated carbocycles. The van der Waals surface area contributed by atoms with E-state index in [0.29, 0.717) is 4.73 Å². The van der Waals surface area contributed by atoms with Crippen molar-refractivity contribution in [1.29, 1.82) is 0 Å². The second kappa shape index (κ2) is 1.69. The van der Waals surface area contributed by atoms with Crippen LogP contribution in [0.2, 0.25) is 0 Å². The fraction of sp³-hybridized carbons (Fsp3) is 0. The van der Waals surface area contributed by atoms with E-state index in [0.717, 1.165) is 0 Å². The quantitative estimate of drug-likeness (QED) is 0.347. The van der Waals surface area contributed by atoms with Crippen molar-refractivity contribution in [3.8, 4) is 0 Å². The average Bonchev–Trinajstić information content (AvgIpc) is 1.77. The Morgan fingerprint density at radius 3 is 2.62 bits per heavy atom. The molecule has 1 radical (unpaired) electrons. The number of hydrogen-bond donors (Lipinski definition) is 0. The molecule has 0 aromatic carbocycles. The molecule has 3 heteroatoms. The minimum absolute atomic E-state index is 0.0208. The Bertz CT molecular complexity index is 167. The molecule has 41 valence electrons. The summed E-state index contributed by atoms with van der Waals surface area (Å²) in [6.45, 7) is 0. The summed E-state index contributed by atoms with van der Waals surface area (Å²) in [5.74, 6) is -0.0208. The van der Waals surface area contributed by atoms with Gasteiger partial charge in [0.25, 0.3) is 0 Å². The van der Waals surface area contributed by atoms with Crippen LogP contribution in [0, 0.1) is 5.21 Å². The number of hydrogen-bond acceptors (Lipinski definition) is 1. The molecule has 1 aromatic rings. The molecule has 0 bridgehead atoms.